The predicted molar refractivity (Wildman–Crippen MR) is 127 cm³/mol. The van der Waals surface area contributed by atoms with Crippen molar-refractivity contribution in [1.82, 2.24) is 4.57 Å². The van der Waals surface area contributed by atoms with E-state index in [0.717, 1.165) is 22.7 Å². The number of aromatic nitrogens is 1. The number of carbonyl (C=O) groups is 1. The molecular formula is C26H26N2OS. The number of nitrogens with zero attached hydrogens (tertiary/aromatic N) is 1. The molecule has 1 heterocycles. The van der Waals surface area contributed by atoms with Gasteiger partial charge in [-0.2, -0.15) is 0 Å². The molecule has 1 N–H and O–H groups in total. The Kier molecular flexibility index (Phi) is 5.96. The molecule has 0 aliphatic carbocycles. The molecule has 1 amide bonds. The summed E-state index contributed by atoms with van der Waals surface area (Å²) in [6.45, 7) is 7.03. The molecule has 0 fully saturated rings. The predicted octanol–water partition coefficient (Wildman–Crippen LogP) is 6.35. The van der Waals surface area contributed by atoms with Crippen molar-refractivity contribution in [2.45, 2.75) is 32.2 Å². The van der Waals surface area contributed by atoms with Crippen molar-refractivity contribution < 1.29 is 4.79 Å². The number of thioether (sulfide) groups is 1. The van der Waals surface area contributed by atoms with Crippen LogP contribution in [0.25, 0.3) is 10.9 Å². The lowest BCUT2D eigenvalue weighted by Crippen LogP contribution is -2.15. The maximum atomic E-state index is 12.6. The van der Waals surface area contributed by atoms with Crippen LogP contribution < -0.4 is 5.32 Å². The highest BCUT2D eigenvalue weighted by atomic mass is 32.2. The largest absolute Gasteiger partial charge is 0.342 e. The summed E-state index contributed by atoms with van der Waals surface area (Å²) in [4.78, 5) is 13.7. The fourth-order valence-electron chi connectivity index (χ4n) is 3.68. The maximum absolute atomic E-state index is 12.6. The Hall–Kier alpha value is -2.98. The van der Waals surface area contributed by atoms with Gasteiger partial charge in [0.25, 0.3) is 0 Å². The molecule has 0 spiro atoms. The number of nitrogens with one attached hydrogen (secondary N) is 1. The lowest BCUT2D eigenvalue weighted by atomic mass is 10.1. The molecule has 1 aromatic heterocycles. The molecular weight excluding hydrogens is 388 g/mol. The van der Waals surface area contributed by atoms with E-state index in [4.69, 9.17) is 0 Å². The lowest BCUT2D eigenvalue weighted by molar-refractivity contribution is -0.113. The Morgan fingerprint density at radius 3 is 2.60 bits per heavy atom. The van der Waals surface area contributed by atoms with Gasteiger partial charge in [-0.05, 0) is 49.6 Å². The minimum absolute atomic E-state index is 0.0178. The van der Waals surface area contributed by atoms with Gasteiger partial charge in [0.2, 0.25) is 5.91 Å². The number of amides is 1. The highest BCUT2D eigenvalue weighted by molar-refractivity contribution is 8.00. The van der Waals surface area contributed by atoms with Crippen LogP contribution in [0.1, 0.15) is 22.3 Å². The number of para-hydroxylation sites is 1. The van der Waals surface area contributed by atoms with Gasteiger partial charge in [0, 0.05) is 34.2 Å². The number of benzene rings is 3. The molecule has 0 saturated carbocycles. The molecule has 30 heavy (non-hydrogen) atoms. The molecule has 152 valence electrons. The van der Waals surface area contributed by atoms with Gasteiger partial charge in [0.15, 0.2) is 0 Å². The first-order valence-electron chi connectivity index (χ1n) is 10.1. The normalized spacial score (nSPS) is 11.0. The van der Waals surface area contributed by atoms with Gasteiger partial charge >= 0.3 is 0 Å². The zero-order valence-electron chi connectivity index (χ0n) is 17.6. The van der Waals surface area contributed by atoms with E-state index in [2.05, 4.69) is 84.5 Å². The third-order valence-electron chi connectivity index (χ3n) is 5.42. The SMILES string of the molecule is Cc1cccc(Cn2cc(SCC(=O)Nc3cccc(C)c3C)c3ccccc32)c1. The second-order valence-electron chi connectivity index (χ2n) is 7.71. The van der Waals surface area contributed by atoms with E-state index in [1.54, 1.807) is 11.8 Å². The molecule has 4 rings (SSSR count). The van der Waals surface area contributed by atoms with Gasteiger partial charge < -0.3 is 9.88 Å². The molecule has 0 atom stereocenters. The Labute approximate surface area is 182 Å². The number of rotatable bonds is 6. The third kappa shape index (κ3) is 4.44. The van der Waals surface area contributed by atoms with Crippen LogP contribution >= 0.6 is 11.8 Å². The fourth-order valence-corrected chi connectivity index (χ4v) is 4.57. The fraction of sp³-hybridized carbons (Fsp3) is 0.192. The first-order chi connectivity index (χ1) is 14.5. The Bertz CT molecular complexity index is 1210. The average molecular weight is 415 g/mol. The van der Waals surface area contributed by atoms with Crippen molar-refractivity contribution in [3.63, 3.8) is 0 Å². The molecule has 0 aliphatic rings. The molecule has 4 heteroatoms. The Morgan fingerprint density at radius 1 is 0.967 bits per heavy atom. The van der Waals surface area contributed by atoms with E-state index in [1.165, 1.54) is 27.6 Å². The van der Waals surface area contributed by atoms with Gasteiger partial charge in [0.1, 0.15) is 0 Å². The quantitative estimate of drug-likeness (QED) is 0.373. The summed E-state index contributed by atoms with van der Waals surface area (Å²) in [5.74, 6) is 0.399. The Balaban J connectivity index is 1.51. The monoisotopic (exact) mass is 414 g/mol. The molecule has 4 aromatic rings. The van der Waals surface area contributed by atoms with Crippen molar-refractivity contribution >= 4 is 34.3 Å². The van der Waals surface area contributed by atoms with Crippen molar-refractivity contribution in [2.24, 2.45) is 0 Å². The first-order valence-corrected chi connectivity index (χ1v) is 11.1. The lowest BCUT2D eigenvalue weighted by Gasteiger charge is -2.10. The maximum Gasteiger partial charge on any atom is 0.234 e. The smallest absolute Gasteiger partial charge is 0.234 e. The summed E-state index contributed by atoms with van der Waals surface area (Å²) in [6.07, 6.45) is 2.17. The number of anilines is 1. The Morgan fingerprint density at radius 2 is 1.77 bits per heavy atom. The van der Waals surface area contributed by atoms with Crippen molar-refractivity contribution in [3.05, 3.63) is 95.2 Å². The summed E-state index contributed by atoms with van der Waals surface area (Å²) in [5, 5.41) is 4.25. The van der Waals surface area contributed by atoms with Crippen molar-refractivity contribution in [1.29, 1.82) is 0 Å². The van der Waals surface area contributed by atoms with Crippen LogP contribution in [0.5, 0.6) is 0 Å². The van der Waals surface area contributed by atoms with Crippen LogP contribution in [0.2, 0.25) is 0 Å². The van der Waals surface area contributed by atoms with Gasteiger partial charge in [-0.1, -0.05) is 60.2 Å². The van der Waals surface area contributed by atoms with Gasteiger partial charge in [-0.25, -0.2) is 0 Å². The standard InChI is InChI=1S/C26H26N2OS/c1-18-8-6-10-21(14-18)15-28-16-25(22-11-4-5-13-24(22)28)30-17-26(29)27-23-12-7-9-19(2)20(23)3/h4-14,16H,15,17H2,1-3H3,(H,27,29). The first kappa shape index (κ1) is 20.3. The van der Waals surface area contributed by atoms with Crippen LogP contribution in [-0.4, -0.2) is 16.2 Å². The molecule has 0 radical (unpaired) electrons. The van der Waals surface area contributed by atoms with E-state index in [-0.39, 0.29) is 5.91 Å². The summed E-state index contributed by atoms with van der Waals surface area (Å²) in [6, 6.07) is 23.0. The topological polar surface area (TPSA) is 34.0 Å². The van der Waals surface area contributed by atoms with E-state index < -0.39 is 0 Å². The molecule has 3 aromatic carbocycles. The van der Waals surface area contributed by atoms with Crippen LogP contribution in [-0.2, 0) is 11.3 Å². The zero-order valence-corrected chi connectivity index (χ0v) is 18.4. The number of fused-ring (bicyclic) bond motifs is 1. The number of hydrogen-bond acceptors (Lipinski definition) is 2. The van der Waals surface area contributed by atoms with Crippen LogP contribution in [0.3, 0.4) is 0 Å². The van der Waals surface area contributed by atoms with E-state index >= 15 is 0 Å². The van der Waals surface area contributed by atoms with Crippen LogP contribution in [0, 0.1) is 20.8 Å². The summed E-state index contributed by atoms with van der Waals surface area (Å²) in [7, 11) is 0. The minimum atomic E-state index is 0.0178. The molecule has 0 unspecified atom stereocenters. The zero-order chi connectivity index (χ0) is 21.1. The number of hydrogen-bond donors (Lipinski definition) is 1. The minimum Gasteiger partial charge on any atom is -0.342 e. The number of aryl methyl sites for hydroxylation is 2. The third-order valence-corrected chi connectivity index (χ3v) is 6.47. The summed E-state index contributed by atoms with van der Waals surface area (Å²) < 4.78 is 2.27. The summed E-state index contributed by atoms with van der Waals surface area (Å²) >= 11 is 1.59. The highest BCUT2D eigenvalue weighted by Gasteiger charge is 2.12. The highest BCUT2D eigenvalue weighted by Crippen LogP contribution is 2.31. The summed E-state index contributed by atoms with van der Waals surface area (Å²) in [5.41, 5.74) is 6.92. The van der Waals surface area contributed by atoms with Gasteiger partial charge in [0.05, 0.1) is 5.75 Å². The second kappa shape index (κ2) is 8.80. The second-order valence-corrected chi connectivity index (χ2v) is 8.73. The molecule has 0 saturated heterocycles. The van der Waals surface area contributed by atoms with E-state index in [0.29, 0.717) is 5.75 Å². The molecule has 3 nitrogen and oxygen atoms in total. The average Bonchev–Trinajstić information content (AvgIpc) is 3.08. The van der Waals surface area contributed by atoms with Gasteiger partial charge in [-0.3, -0.25) is 4.79 Å². The van der Waals surface area contributed by atoms with Crippen LogP contribution in [0.15, 0.2) is 77.8 Å². The van der Waals surface area contributed by atoms with Gasteiger partial charge in [-0.15, -0.1) is 11.8 Å². The van der Waals surface area contributed by atoms with Crippen molar-refractivity contribution in [3.8, 4) is 0 Å². The van der Waals surface area contributed by atoms with E-state index in [1.807, 2.05) is 19.1 Å². The van der Waals surface area contributed by atoms with E-state index in [9.17, 15) is 4.79 Å². The van der Waals surface area contributed by atoms with Crippen molar-refractivity contribution in [2.75, 3.05) is 11.1 Å². The number of carbonyl (C=O) groups excluding carboxylic acids is 1. The van der Waals surface area contributed by atoms with Crippen LogP contribution in [0.4, 0.5) is 5.69 Å². The molecule has 0 aliphatic heterocycles. The molecule has 0 bridgehead atoms.